The first-order chi connectivity index (χ1) is 14.1. The van der Waals surface area contributed by atoms with Crippen LogP contribution in [0.15, 0.2) is 42.5 Å². The number of hydrogen-bond acceptors (Lipinski definition) is 3. The molecular formula is C24H28N2O3. The van der Waals surface area contributed by atoms with Crippen molar-refractivity contribution in [2.45, 2.75) is 45.1 Å². The van der Waals surface area contributed by atoms with Crippen LogP contribution in [0.1, 0.15) is 46.3 Å². The third-order valence-electron chi connectivity index (χ3n) is 5.89. The molecule has 0 bridgehead atoms. The van der Waals surface area contributed by atoms with Crippen LogP contribution in [0, 0.1) is 6.92 Å². The van der Waals surface area contributed by atoms with Gasteiger partial charge in [-0.1, -0.05) is 23.8 Å². The van der Waals surface area contributed by atoms with Gasteiger partial charge in [0.2, 0.25) is 0 Å². The summed E-state index contributed by atoms with van der Waals surface area (Å²) in [6.07, 6.45) is 4.97. The second kappa shape index (κ2) is 8.68. The lowest BCUT2D eigenvalue weighted by molar-refractivity contribution is -0.124. The van der Waals surface area contributed by atoms with Crippen molar-refractivity contribution in [2.24, 2.45) is 0 Å². The molecule has 4 rings (SSSR count). The molecule has 0 saturated carbocycles. The molecule has 1 heterocycles. The van der Waals surface area contributed by atoms with Gasteiger partial charge in [-0.2, -0.15) is 0 Å². The number of ether oxygens (including phenoxy) is 1. The molecule has 29 heavy (non-hydrogen) atoms. The average Bonchev–Trinajstić information content (AvgIpc) is 3.21. The fourth-order valence-electron chi connectivity index (χ4n) is 4.16. The fraction of sp³-hybridized carbons (Fsp3) is 0.417. The van der Waals surface area contributed by atoms with Crippen molar-refractivity contribution in [1.82, 2.24) is 10.2 Å². The van der Waals surface area contributed by atoms with E-state index in [4.69, 9.17) is 4.74 Å². The Hall–Kier alpha value is -2.82. The number of carbonyl (C=O) groups excluding carboxylic acids is 2. The number of carbonyl (C=O) groups is 2. The molecule has 0 atom stereocenters. The van der Waals surface area contributed by atoms with Crippen LogP contribution in [-0.2, 0) is 17.6 Å². The Morgan fingerprint density at radius 2 is 1.76 bits per heavy atom. The van der Waals surface area contributed by atoms with E-state index in [2.05, 4.69) is 17.4 Å². The van der Waals surface area contributed by atoms with Crippen LogP contribution in [0.5, 0.6) is 5.75 Å². The standard InChI is InChI=1S/C24H28N2O3/c1-17-5-7-19(8-6-17)24(28)26-13-11-21(12-14-26)25-23(27)16-29-22-10-9-18-3-2-4-20(18)15-22/h5-10,15,21H,2-4,11-14,16H2,1H3,(H,25,27). The van der Waals surface area contributed by atoms with E-state index in [1.165, 1.54) is 17.5 Å². The van der Waals surface area contributed by atoms with E-state index in [-0.39, 0.29) is 24.5 Å². The number of piperidine rings is 1. The molecule has 1 saturated heterocycles. The zero-order valence-corrected chi connectivity index (χ0v) is 16.9. The van der Waals surface area contributed by atoms with E-state index in [0.717, 1.165) is 42.6 Å². The Kier molecular flexibility index (Phi) is 5.84. The van der Waals surface area contributed by atoms with Crippen molar-refractivity contribution in [3.05, 3.63) is 64.7 Å². The molecule has 2 amide bonds. The molecule has 5 nitrogen and oxygen atoms in total. The third kappa shape index (κ3) is 4.78. The van der Waals surface area contributed by atoms with Gasteiger partial charge in [0.25, 0.3) is 11.8 Å². The Bertz CT molecular complexity index is 883. The van der Waals surface area contributed by atoms with Gasteiger partial charge in [-0.25, -0.2) is 0 Å². The second-order valence-electron chi connectivity index (χ2n) is 8.07. The van der Waals surface area contributed by atoms with Crippen LogP contribution < -0.4 is 10.1 Å². The molecule has 1 fully saturated rings. The summed E-state index contributed by atoms with van der Waals surface area (Å²) in [7, 11) is 0. The van der Waals surface area contributed by atoms with Gasteiger partial charge in [0.1, 0.15) is 5.75 Å². The maximum Gasteiger partial charge on any atom is 0.258 e. The molecule has 2 aromatic rings. The molecule has 5 heteroatoms. The summed E-state index contributed by atoms with van der Waals surface area (Å²) in [6, 6.07) is 13.9. The van der Waals surface area contributed by atoms with Crippen molar-refractivity contribution < 1.29 is 14.3 Å². The fourth-order valence-corrected chi connectivity index (χ4v) is 4.16. The van der Waals surface area contributed by atoms with Gasteiger partial charge in [0, 0.05) is 24.7 Å². The van der Waals surface area contributed by atoms with Crippen molar-refractivity contribution >= 4 is 11.8 Å². The summed E-state index contributed by atoms with van der Waals surface area (Å²) >= 11 is 0. The van der Waals surface area contributed by atoms with Gasteiger partial charge in [0.05, 0.1) is 0 Å². The number of amides is 2. The SMILES string of the molecule is Cc1ccc(C(=O)N2CCC(NC(=O)COc3ccc4c(c3)CCC4)CC2)cc1. The predicted molar refractivity (Wildman–Crippen MR) is 112 cm³/mol. The number of fused-ring (bicyclic) bond motifs is 1. The van der Waals surface area contributed by atoms with E-state index in [0.29, 0.717) is 13.1 Å². The molecule has 1 aliphatic heterocycles. The molecule has 152 valence electrons. The van der Waals surface area contributed by atoms with Gasteiger partial charge < -0.3 is 15.0 Å². The molecule has 1 aliphatic carbocycles. The maximum absolute atomic E-state index is 12.6. The van der Waals surface area contributed by atoms with Crippen LogP contribution in [0.25, 0.3) is 0 Å². The van der Waals surface area contributed by atoms with Crippen LogP contribution in [0.3, 0.4) is 0 Å². The quantitative estimate of drug-likeness (QED) is 0.850. The molecular weight excluding hydrogens is 364 g/mol. The van der Waals surface area contributed by atoms with E-state index >= 15 is 0 Å². The van der Waals surface area contributed by atoms with Gasteiger partial charge in [-0.05, 0) is 74.4 Å². The summed E-state index contributed by atoms with van der Waals surface area (Å²) in [6.45, 7) is 3.35. The summed E-state index contributed by atoms with van der Waals surface area (Å²) in [5.74, 6) is 0.725. The van der Waals surface area contributed by atoms with Gasteiger partial charge in [0.15, 0.2) is 6.61 Å². The minimum atomic E-state index is -0.103. The molecule has 0 radical (unpaired) electrons. The molecule has 0 aromatic heterocycles. The van der Waals surface area contributed by atoms with Crippen LogP contribution in [0.4, 0.5) is 0 Å². The van der Waals surface area contributed by atoms with Gasteiger partial charge in [-0.15, -0.1) is 0 Å². The van der Waals surface area contributed by atoms with Crippen molar-refractivity contribution in [1.29, 1.82) is 0 Å². The Morgan fingerprint density at radius 1 is 1.03 bits per heavy atom. The monoisotopic (exact) mass is 392 g/mol. The molecule has 2 aliphatic rings. The molecule has 2 aromatic carbocycles. The Balaban J connectivity index is 1.21. The van der Waals surface area contributed by atoms with Crippen LogP contribution in [-0.4, -0.2) is 42.5 Å². The Morgan fingerprint density at radius 3 is 2.52 bits per heavy atom. The lowest BCUT2D eigenvalue weighted by Crippen LogP contribution is -2.47. The third-order valence-corrected chi connectivity index (χ3v) is 5.89. The lowest BCUT2D eigenvalue weighted by atomic mass is 10.0. The summed E-state index contributed by atoms with van der Waals surface area (Å²) in [5, 5.41) is 3.05. The number of aryl methyl sites for hydroxylation is 3. The smallest absolute Gasteiger partial charge is 0.258 e. The molecule has 0 unspecified atom stereocenters. The highest BCUT2D eigenvalue weighted by Crippen LogP contribution is 2.26. The highest BCUT2D eigenvalue weighted by molar-refractivity contribution is 5.94. The average molecular weight is 392 g/mol. The first-order valence-electron chi connectivity index (χ1n) is 10.5. The summed E-state index contributed by atoms with van der Waals surface area (Å²) in [5.41, 5.74) is 4.60. The van der Waals surface area contributed by atoms with Crippen molar-refractivity contribution in [3.63, 3.8) is 0 Å². The number of benzene rings is 2. The lowest BCUT2D eigenvalue weighted by Gasteiger charge is -2.32. The number of hydrogen-bond donors (Lipinski definition) is 1. The predicted octanol–water partition coefficient (Wildman–Crippen LogP) is 3.28. The second-order valence-corrected chi connectivity index (χ2v) is 8.07. The first-order valence-corrected chi connectivity index (χ1v) is 10.5. The zero-order chi connectivity index (χ0) is 20.2. The summed E-state index contributed by atoms with van der Waals surface area (Å²) in [4.78, 5) is 26.7. The molecule has 0 spiro atoms. The molecule has 1 N–H and O–H groups in total. The normalized spacial score (nSPS) is 16.4. The minimum Gasteiger partial charge on any atom is -0.484 e. The largest absolute Gasteiger partial charge is 0.484 e. The van der Waals surface area contributed by atoms with Crippen LogP contribution in [0.2, 0.25) is 0 Å². The number of rotatable bonds is 5. The number of nitrogens with one attached hydrogen (secondary N) is 1. The van der Waals surface area contributed by atoms with E-state index in [1.54, 1.807) is 0 Å². The van der Waals surface area contributed by atoms with Crippen LogP contribution >= 0.6 is 0 Å². The van der Waals surface area contributed by atoms with Crippen molar-refractivity contribution in [2.75, 3.05) is 19.7 Å². The number of likely N-dealkylation sites (tertiary alicyclic amines) is 1. The highest BCUT2D eigenvalue weighted by Gasteiger charge is 2.24. The maximum atomic E-state index is 12.6. The topological polar surface area (TPSA) is 58.6 Å². The Labute approximate surface area is 172 Å². The van der Waals surface area contributed by atoms with Crippen molar-refractivity contribution in [3.8, 4) is 5.75 Å². The van der Waals surface area contributed by atoms with Gasteiger partial charge >= 0.3 is 0 Å². The van der Waals surface area contributed by atoms with E-state index in [1.807, 2.05) is 42.2 Å². The number of nitrogens with zero attached hydrogens (tertiary/aromatic N) is 1. The van der Waals surface area contributed by atoms with Gasteiger partial charge in [-0.3, -0.25) is 9.59 Å². The van der Waals surface area contributed by atoms with E-state index < -0.39 is 0 Å². The van der Waals surface area contributed by atoms with E-state index in [9.17, 15) is 9.59 Å². The first kappa shape index (κ1) is 19.5. The highest BCUT2D eigenvalue weighted by atomic mass is 16.5. The minimum absolute atomic E-state index is 0.0291. The zero-order valence-electron chi connectivity index (χ0n) is 16.9. The summed E-state index contributed by atoms with van der Waals surface area (Å²) < 4.78 is 5.68.